The molecule has 1 saturated carbocycles. The molecule has 0 atom stereocenters. The second kappa shape index (κ2) is 6.59. The molecule has 4 heteroatoms. The van der Waals surface area contributed by atoms with Crippen molar-refractivity contribution in [2.45, 2.75) is 57.1 Å². The van der Waals surface area contributed by atoms with Crippen LogP contribution in [0.25, 0.3) is 0 Å². The summed E-state index contributed by atoms with van der Waals surface area (Å²) in [6, 6.07) is 4.29. The first-order valence-electron chi connectivity index (χ1n) is 6.84. The van der Waals surface area contributed by atoms with Gasteiger partial charge in [0.2, 0.25) is 5.91 Å². The second-order valence-corrected chi connectivity index (χ2v) is 5.12. The van der Waals surface area contributed by atoms with E-state index >= 15 is 0 Å². The molecule has 0 saturated heterocycles. The molecule has 0 aromatic carbocycles. The Labute approximate surface area is 108 Å². The third-order valence-electron chi connectivity index (χ3n) is 3.57. The minimum absolute atomic E-state index is 0.142. The Morgan fingerprint density at radius 3 is 2.83 bits per heavy atom. The molecule has 0 radical (unpaired) electrons. The Kier molecular flexibility index (Phi) is 4.81. The first-order chi connectivity index (χ1) is 8.74. The largest absolute Gasteiger partial charge is 0.393 e. The third-order valence-corrected chi connectivity index (χ3v) is 3.57. The van der Waals surface area contributed by atoms with Crippen molar-refractivity contribution < 1.29 is 9.90 Å². The van der Waals surface area contributed by atoms with Crippen LogP contribution in [0, 0.1) is 0 Å². The van der Waals surface area contributed by atoms with Crippen LogP contribution in [0.2, 0.25) is 0 Å². The van der Waals surface area contributed by atoms with Crippen molar-refractivity contribution in [2.24, 2.45) is 0 Å². The fourth-order valence-corrected chi connectivity index (χ4v) is 2.48. The number of hydrogen-bond donors (Lipinski definition) is 3. The van der Waals surface area contributed by atoms with E-state index < -0.39 is 0 Å². The van der Waals surface area contributed by atoms with E-state index in [2.05, 4.69) is 10.3 Å². The van der Waals surface area contributed by atoms with Gasteiger partial charge in [0.15, 0.2) is 0 Å². The average Bonchev–Trinajstić information content (AvgIpc) is 2.85. The zero-order valence-electron chi connectivity index (χ0n) is 10.7. The molecule has 0 bridgehead atoms. The molecule has 0 aliphatic heterocycles. The number of aliphatic hydroxyl groups excluding tert-OH is 1. The van der Waals surface area contributed by atoms with Gasteiger partial charge in [-0.2, -0.15) is 0 Å². The highest BCUT2D eigenvalue weighted by Gasteiger charge is 2.20. The van der Waals surface area contributed by atoms with Crippen molar-refractivity contribution in [1.29, 1.82) is 0 Å². The molecular formula is C14H22N2O2. The number of carbonyl (C=O) groups is 1. The quantitative estimate of drug-likeness (QED) is 0.745. The second-order valence-electron chi connectivity index (χ2n) is 5.12. The topological polar surface area (TPSA) is 65.1 Å². The van der Waals surface area contributed by atoms with E-state index in [1.807, 2.05) is 18.3 Å². The lowest BCUT2D eigenvalue weighted by Gasteiger charge is -2.26. The van der Waals surface area contributed by atoms with Crippen molar-refractivity contribution in [3.63, 3.8) is 0 Å². The third kappa shape index (κ3) is 4.18. The summed E-state index contributed by atoms with van der Waals surface area (Å²) in [5.41, 5.74) is 1.18. The minimum Gasteiger partial charge on any atom is -0.393 e. The maximum Gasteiger partial charge on any atom is 0.220 e. The van der Waals surface area contributed by atoms with Gasteiger partial charge >= 0.3 is 0 Å². The smallest absolute Gasteiger partial charge is 0.220 e. The SMILES string of the molecule is O=C(CCCc1ccc[nH]1)NC1CCC(O)CC1. The van der Waals surface area contributed by atoms with Crippen LogP contribution in [0.5, 0.6) is 0 Å². The van der Waals surface area contributed by atoms with Crippen molar-refractivity contribution in [3.05, 3.63) is 24.0 Å². The Hall–Kier alpha value is -1.29. The van der Waals surface area contributed by atoms with Gasteiger partial charge in [0.25, 0.3) is 0 Å². The molecule has 1 aliphatic carbocycles. The van der Waals surface area contributed by atoms with Crippen LogP contribution < -0.4 is 5.32 Å². The van der Waals surface area contributed by atoms with Crippen LogP contribution in [-0.4, -0.2) is 28.1 Å². The summed E-state index contributed by atoms with van der Waals surface area (Å²) >= 11 is 0. The molecule has 18 heavy (non-hydrogen) atoms. The lowest BCUT2D eigenvalue weighted by Crippen LogP contribution is -2.38. The molecule has 3 N–H and O–H groups in total. The van der Waals surface area contributed by atoms with Crippen molar-refractivity contribution >= 4 is 5.91 Å². The highest BCUT2D eigenvalue weighted by atomic mass is 16.3. The first-order valence-corrected chi connectivity index (χ1v) is 6.84. The summed E-state index contributed by atoms with van der Waals surface area (Å²) in [6.07, 6.45) is 7.56. The maximum absolute atomic E-state index is 11.7. The number of amides is 1. The van der Waals surface area contributed by atoms with E-state index in [1.165, 1.54) is 5.69 Å². The lowest BCUT2D eigenvalue weighted by atomic mass is 9.93. The Balaban J connectivity index is 1.60. The van der Waals surface area contributed by atoms with Gasteiger partial charge in [0, 0.05) is 24.4 Å². The zero-order chi connectivity index (χ0) is 12.8. The number of hydrogen-bond acceptors (Lipinski definition) is 2. The Morgan fingerprint density at radius 1 is 1.39 bits per heavy atom. The summed E-state index contributed by atoms with van der Waals surface area (Å²) in [6.45, 7) is 0. The minimum atomic E-state index is -0.161. The lowest BCUT2D eigenvalue weighted by molar-refractivity contribution is -0.122. The molecule has 1 aliphatic rings. The summed E-state index contributed by atoms with van der Waals surface area (Å²) in [7, 11) is 0. The summed E-state index contributed by atoms with van der Waals surface area (Å²) < 4.78 is 0. The molecule has 1 amide bonds. The predicted octanol–water partition coefficient (Wildman–Crippen LogP) is 1.76. The van der Waals surface area contributed by atoms with Gasteiger partial charge in [0.05, 0.1) is 6.10 Å². The van der Waals surface area contributed by atoms with E-state index in [-0.39, 0.29) is 18.1 Å². The van der Waals surface area contributed by atoms with Gasteiger partial charge in [0.1, 0.15) is 0 Å². The van der Waals surface area contributed by atoms with Gasteiger partial charge in [-0.25, -0.2) is 0 Å². The molecule has 100 valence electrons. The highest BCUT2D eigenvalue weighted by molar-refractivity contribution is 5.76. The number of aliphatic hydroxyl groups is 1. The molecule has 2 rings (SSSR count). The summed E-state index contributed by atoms with van der Waals surface area (Å²) in [4.78, 5) is 14.9. The number of H-pyrrole nitrogens is 1. The van der Waals surface area contributed by atoms with Gasteiger partial charge < -0.3 is 15.4 Å². The zero-order valence-corrected chi connectivity index (χ0v) is 10.7. The normalized spacial score (nSPS) is 23.8. The molecule has 1 heterocycles. The number of aryl methyl sites for hydroxylation is 1. The first kappa shape index (κ1) is 13.1. The average molecular weight is 250 g/mol. The Morgan fingerprint density at radius 2 is 2.17 bits per heavy atom. The number of nitrogens with one attached hydrogen (secondary N) is 2. The van der Waals surface area contributed by atoms with E-state index in [1.54, 1.807) is 0 Å². The van der Waals surface area contributed by atoms with Gasteiger partial charge in [-0.05, 0) is 50.7 Å². The van der Waals surface area contributed by atoms with Crippen molar-refractivity contribution in [1.82, 2.24) is 10.3 Å². The van der Waals surface area contributed by atoms with Crippen LogP contribution in [0.3, 0.4) is 0 Å². The number of aromatic nitrogens is 1. The van der Waals surface area contributed by atoms with Crippen LogP contribution in [0.15, 0.2) is 18.3 Å². The molecule has 4 nitrogen and oxygen atoms in total. The molecule has 0 unspecified atom stereocenters. The van der Waals surface area contributed by atoms with Crippen LogP contribution in [0.4, 0.5) is 0 Å². The molecule has 0 spiro atoms. The number of carbonyl (C=O) groups excluding carboxylic acids is 1. The van der Waals surface area contributed by atoms with Crippen LogP contribution in [-0.2, 0) is 11.2 Å². The Bertz CT molecular complexity index is 354. The molecule has 1 aromatic heterocycles. The monoisotopic (exact) mass is 250 g/mol. The van der Waals surface area contributed by atoms with Gasteiger partial charge in [-0.3, -0.25) is 4.79 Å². The summed E-state index contributed by atoms with van der Waals surface area (Å²) in [5, 5.41) is 12.5. The van der Waals surface area contributed by atoms with E-state index in [0.29, 0.717) is 6.42 Å². The van der Waals surface area contributed by atoms with Crippen LogP contribution >= 0.6 is 0 Å². The van der Waals surface area contributed by atoms with E-state index in [0.717, 1.165) is 38.5 Å². The maximum atomic E-state index is 11.7. The van der Waals surface area contributed by atoms with Gasteiger partial charge in [-0.1, -0.05) is 0 Å². The van der Waals surface area contributed by atoms with Crippen LogP contribution in [0.1, 0.15) is 44.2 Å². The van der Waals surface area contributed by atoms with Crippen molar-refractivity contribution in [3.8, 4) is 0 Å². The molecular weight excluding hydrogens is 228 g/mol. The molecule has 1 aromatic rings. The molecule has 1 fully saturated rings. The van der Waals surface area contributed by atoms with Crippen molar-refractivity contribution in [2.75, 3.05) is 0 Å². The van der Waals surface area contributed by atoms with E-state index in [9.17, 15) is 9.90 Å². The summed E-state index contributed by atoms with van der Waals surface area (Å²) in [5.74, 6) is 0.142. The van der Waals surface area contributed by atoms with Gasteiger partial charge in [-0.15, -0.1) is 0 Å². The predicted molar refractivity (Wildman–Crippen MR) is 70.1 cm³/mol. The fourth-order valence-electron chi connectivity index (χ4n) is 2.48. The standard InChI is InChI=1S/C14H22N2O2/c17-13-8-6-12(7-9-13)16-14(18)5-1-3-11-4-2-10-15-11/h2,4,10,12-13,15,17H,1,3,5-9H2,(H,16,18). The van der Waals surface area contributed by atoms with E-state index in [4.69, 9.17) is 0 Å². The fraction of sp³-hybridized carbons (Fsp3) is 0.643. The highest BCUT2D eigenvalue weighted by Crippen LogP contribution is 2.18. The number of rotatable bonds is 5. The number of aromatic amines is 1.